The first-order valence-corrected chi connectivity index (χ1v) is 7.34. The molecule has 0 saturated carbocycles. The van der Waals surface area contributed by atoms with Crippen LogP contribution in [0.1, 0.15) is 5.56 Å². The van der Waals surface area contributed by atoms with Gasteiger partial charge in [-0.25, -0.2) is 14.4 Å². The van der Waals surface area contributed by atoms with Crippen LogP contribution in [-0.4, -0.2) is 80.1 Å². The third-order valence-electron chi connectivity index (χ3n) is 3.34. The molecule has 0 bridgehead atoms. The van der Waals surface area contributed by atoms with E-state index in [1.165, 1.54) is 31.4 Å². The van der Waals surface area contributed by atoms with Gasteiger partial charge < -0.3 is 40.1 Å². The average Bonchev–Trinajstić information content (AvgIpc) is 2.63. The Labute approximate surface area is 152 Å². The van der Waals surface area contributed by atoms with E-state index in [2.05, 4.69) is 4.74 Å². The summed E-state index contributed by atoms with van der Waals surface area (Å²) in [5.74, 6) is -5.02. The smallest absolute Gasteiger partial charge is 0.347 e. The molecular weight excluding hydrogens is 368 g/mol. The highest BCUT2D eigenvalue weighted by Gasteiger charge is 2.40. The molecule has 0 saturated heterocycles. The summed E-state index contributed by atoms with van der Waals surface area (Å²) in [5.41, 5.74) is 0.385. The molecule has 0 aliphatic rings. The van der Waals surface area contributed by atoms with Crippen molar-refractivity contribution >= 4 is 24.0 Å². The second-order valence-corrected chi connectivity index (χ2v) is 5.22. The third-order valence-corrected chi connectivity index (χ3v) is 3.34. The fraction of sp³-hybridized carbons (Fsp3) is 0.312. The van der Waals surface area contributed by atoms with Gasteiger partial charge in [0.15, 0.2) is 17.6 Å². The minimum Gasteiger partial charge on any atom is -0.504 e. The zero-order valence-electron chi connectivity index (χ0n) is 13.9. The van der Waals surface area contributed by atoms with Gasteiger partial charge in [0.2, 0.25) is 6.10 Å². The predicted molar refractivity (Wildman–Crippen MR) is 86.9 cm³/mol. The lowest BCUT2D eigenvalue weighted by atomic mass is 10.0. The number of aliphatic hydroxyl groups is 3. The molecule has 27 heavy (non-hydrogen) atoms. The van der Waals surface area contributed by atoms with E-state index in [-0.39, 0.29) is 11.5 Å². The van der Waals surface area contributed by atoms with E-state index in [0.29, 0.717) is 5.56 Å². The summed E-state index contributed by atoms with van der Waals surface area (Å²) in [7, 11) is 1.31. The van der Waals surface area contributed by atoms with Crippen molar-refractivity contribution in [1.82, 2.24) is 0 Å². The number of phenolic OH excluding ortho intramolecular Hbond substituents is 1. The summed E-state index contributed by atoms with van der Waals surface area (Å²) in [4.78, 5) is 33.5. The monoisotopic (exact) mass is 386 g/mol. The number of aliphatic carboxylic acids is 2. The molecule has 0 aromatic heterocycles. The molecule has 148 valence electrons. The Kier molecular flexibility index (Phi) is 7.72. The minimum absolute atomic E-state index is 0.120. The fourth-order valence-electron chi connectivity index (χ4n) is 1.90. The maximum atomic E-state index is 11.8. The van der Waals surface area contributed by atoms with E-state index in [4.69, 9.17) is 20.1 Å². The number of carboxylic acid groups (broad SMARTS) is 2. The number of aromatic hydroxyl groups is 1. The van der Waals surface area contributed by atoms with Gasteiger partial charge in [0.05, 0.1) is 7.11 Å². The number of rotatable bonds is 9. The summed E-state index contributed by atoms with van der Waals surface area (Å²) >= 11 is 0. The van der Waals surface area contributed by atoms with Gasteiger partial charge in [0, 0.05) is 6.08 Å². The molecule has 1 rings (SSSR count). The van der Waals surface area contributed by atoms with Crippen LogP contribution in [0.3, 0.4) is 0 Å². The number of carbonyl (C=O) groups excluding carboxylic acids is 1. The maximum absolute atomic E-state index is 11.8. The number of carboxylic acids is 2. The molecule has 0 heterocycles. The van der Waals surface area contributed by atoms with Crippen LogP contribution in [0.5, 0.6) is 11.5 Å². The lowest BCUT2D eigenvalue weighted by Crippen LogP contribution is -2.51. The second kappa shape index (κ2) is 9.52. The number of aliphatic hydroxyl groups excluding tert-OH is 3. The van der Waals surface area contributed by atoms with Crippen molar-refractivity contribution in [2.24, 2.45) is 0 Å². The lowest BCUT2D eigenvalue weighted by Gasteiger charge is -2.24. The summed E-state index contributed by atoms with van der Waals surface area (Å²) in [6, 6.07) is 4.07. The van der Waals surface area contributed by atoms with Gasteiger partial charge in [-0.15, -0.1) is 0 Å². The first kappa shape index (κ1) is 21.9. The highest BCUT2D eigenvalue weighted by molar-refractivity contribution is 5.89. The summed E-state index contributed by atoms with van der Waals surface area (Å²) in [6.07, 6.45) is -7.64. The van der Waals surface area contributed by atoms with Crippen molar-refractivity contribution in [3.05, 3.63) is 29.8 Å². The largest absolute Gasteiger partial charge is 0.504 e. The Morgan fingerprint density at radius 2 is 1.67 bits per heavy atom. The molecule has 0 aliphatic carbocycles. The highest BCUT2D eigenvalue weighted by Crippen LogP contribution is 2.26. The summed E-state index contributed by atoms with van der Waals surface area (Å²) in [6.45, 7) is 0. The van der Waals surface area contributed by atoms with E-state index in [0.717, 1.165) is 6.08 Å². The first-order chi connectivity index (χ1) is 12.6. The maximum Gasteiger partial charge on any atom is 0.347 e. The van der Waals surface area contributed by atoms with Crippen LogP contribution in [0.4, 0.5) is 0 Å². The van der Waals surface area contributed by atoms with Crippen LogP contribution in [-0.2, 0) is 19.1 Å². The van der Waals surface area contributed by atoms with Gasteiger partial charge in [-0.2, -0.15) is 0 Å². The molecule has 6 N–H and O–H groups in total. The third kappa shape index (κ3) is 5.95. The molecule has 11 nitrogen and oxygen atoms in total. The number of hydrogen-bond donors (Lipinski definition) is 6. The molecule has 4 atom stereocenters. The predicted octanol–water partition coefficient (Wildman–Crippen LogP) is -1.42. The van der Waals surface area contributed by atoms with E-state index in [1.807, 2.05) is 0 Å². The number of ether oxygens (including phenoxy) is 2. The molecule has 0 aliphatic heterocycles. The number of methoxy groups -OCH3 is 1. The average molecular weight is 386 g/mol. The molecule has 0 amide bonds. The van der Waals surface area contributed by atoms with Gasteiger partial charge in [-0.3, -0.25) is 0 Å². The molecule has 0 unspecified atom stereocenters. The van der Waals surface area contributed by atoms with Crippen molar-refractivity contribution in [3.63, 3.8) is 0 Å². The van der Waals surface area contributed by atoms with Crippen LogP contribution in [0.15, 0.2) is 24.3 Å². The first-order valence-electron chi connectivity index (χ1n) is 7.34. The second-order valence-electron chi connectivity index (χ2n) is 5.22. The van der Waals surface area contributed by atoms with E-state index in [1.54, 1.807) is 0 Å². The number of benzene rings is 1. The Morgan fingerprint density at radius 3 is 2.19 bits per heavy atom. The molecule has 1 aromatic rings. The standard InChI is InChI=1S/C16H18O11/c1-26-9-6-7(2-4-8(9)17)3-5-10(18)27-14(16(24)25)12(20)11(19)13(21)15(22)23/h2-6,11-14,17,19-21H,1H3,(H,22,23)(H,24,25)/b5-3+/t11-,12-,13-,14+/m0/s1. The van der Waals surface area contributed by atoms with E-state index < -0.39 is 42.3 Å². The van der Waals surface area contributed by atoms with Gasteiger partial charge in [0.1, 0.15) is 12.2 Å². The fourth-order valence-corrected chi connectivity index (χ4v) is 1.90. The van der Waals surface area contributed by atoms with Crippen LogP contribution in [0.2, 0.25) is 0 Å². The molecule has 1 aromatic carbocycles. The molecule has 0 spiro atoms. The van der Waals surface area contributed by atoms with Gasteiger partial charge in [0.25, 0.3) is 0 Å². The quantitative estimate of drug-likeness (QED) is 0.215. The van der Waals surface area contributed by atoms with Gasteiger partial charge in [-0.05, 0) is 23.8 Å². The highest BCUT2D eigenvalue weighted by atomic mass is 16.6. The van der Waals surface area contributed by atoms with E-state index in [9.17, 15) is 29.7 Å². The number of hydrogen-bond acceptors (Lipinski definition) is 9. The van der Waals surface area contributed by atoms with Gasteiger partial charge in [-0.1, -0.05) is 6.07 Å². The van der Waals surface area contributed by atoms with Crippen molar-refractivity contribution in [1.29, 1.82) is 0 Å². The van der Waals surface area contributed by atoms with Crippen molar-refractivity contribution in [2.45, 2.75) is 24.4 Å². The number of phenols is 1. The van der Waals surface area contributed by atoms with Crippen LogP contribution in [0, 0.1) is 0 Å². The van der Waals surface area contributed by atoms with Crippen molar-refractivity contribution < 1.29 is 54.5 Å². The number of carbonyl (C=O) groups is 3. The molecule has 0 fully saturated rings. The summed E-state index contributed by atoms with van der Waals surface area (Å²) < 4.78 is 9.38. The molecule has 0 radical (unpaired) electrons. The van der Waals surface area contributed by atoms with Crippen LogP contribution in [0.25, 0.3) is 6.08 Å². The molecular formula is C16H18O11. The zero-order valence-corrected chi connectivity index (χ0v) is 13.9. The molecule has 11 heteroatoms. The zero-order chi connectivity index (χ0) is 20.7. The van der Waals surface area contributed by atoms with Crippen molar-refractivity contribution in [2.75, 3.05) is 7.11 Å². The van der Waals surface area contributed by atoms with Crippen LogP contribution >= 0.6 is 0 Å². The number of esters is 1. The normalized spacial score (nSPS) is 15.6. The lowest BCUT2D eigenvalue weighted by molar-refractivity contribution is -0.182. The van der Waals surface area contributed by atoms with Gasteiger partial charge >= 0.3 is 17.9 Å². The topological polar surface area (TPSA) is 191 Å². The summed E-state index contributed by atoms with van der Waals surface area (Å²) in [5, 5.41) is 55.4. The SMILES string of the molecule is COc1cc(/C=C/C(=O)O[C@@H](C(=O)O)[C@@H](O)[C@H](O)[C@H](O)C(=O)O)ccc1O. The minimum atomic E-state index is -2.49. The van der Waals surface area contributed by atoms with E-state index >= 15 is 0 Å². The Balaban J connectivity index is 2.87. The van der Waals surface area contributed by atoms with Crippen LogP contribution < -0.4 is 4.74 Å². The van der Waals surface area contributed by atoms with Crippen molar-refractivity contribution in [3.8, 4) is 11.5 Å². The Morgan fingerprint density at radius 1 is 1.04 bits per heavy atom. The Bertz CT molecular complexity index is 727. The Hall–Kier alpha value is -3.15.